The minimum atomic E-state index is 0.143. The Kier molecular flexibility index (Phi) is 29.7. The first-order valence-corrected chi connectivity index (χ1v) is 17.6. The molecule has 0 aromatic carbocycles. The van der Waals surface area contributed by atoms with Crippen LogP contribution in [0.4, 0.5) is 0 Å². The number of hydrogen-bond donors (Lipinski definition) is 1. The summed E-state index contributed by atoms with van der Waals surface area (Å²) in [6.45, 7) is 12.4. The molecule has 2 rings (SSSR count). The summed E-state index contributed by atoms with van der Waals surface area (Å²) in [7, 11) is 0. The van der Waals surface area contributed by atoms with Crippen LogP contribution in [0.2, 0.25) is 0 Å². The van der Waals surface area contributed by atoms with Crippen LogP contribution in [-0.4, -0.2) is 171 Å². The molecule has 0 saturated heterocycles. The van der Waals surface area contributed by atoms with Crippen molar-refractivity contribution in [1.82, 2.24) is 5.32 Å². The maximum atomic E-state index is 12.2. The number of hydrogen-bond acceptors (Lipinski definition) is 13. The number of nitrogens with one attached hydrogen (secondary N) is 1. The van der Waals surface area contributed by atoms with Crippen molar-refractivity contribution in [3.63, 3.8) is 0 Å². The summed E-state index contributed by atoms with van der Waals surface area (Å²) in [5.41, 5.74) is 0. The van der Waals surface area contributed by atoms with Crippen LogP contribution >= 0.6 is 0 Å². The van der Waals surface area contributed by atoms with E-state index in [2.05, 4.69) is 23.4 Å². The fourth-order valence-corrected chi connectivity index (χ4v) is 5.01. The van der Waals surface area contributed by atoms with Crippen molar-refractivity contribution in [2.45, 2.75) is 12.8 Å². The van der Waals surface area contributed by atoms with Crippen LogP contribution in [0.1, 0.15) is 12.8 Å². The number of carbonyl (C=O) groups is 1. The predicted molar refractivity (Wildman–Crippen MR) is 181 cm³/mol. The van der Waals surface area contributed by atoms with Crippen LogP contribution in [-0.2, 0) is 61.6 Å². The summed E-state index contributed by atoms with van der Waals surface area (Å²) in [5, 5.41) is 2.99. The van der Waals surface area contributed by atoms with E-state index < -0.39 is 0 Å². The highest BCUT2D eigenvalue weighted by Gasteiger charge is 2.39. The minimum Gasteiger partial charge on any atom is -0.377 e. The second-order valence-electron chi connectivity index (χ2n) is 11.2. The molecule has 0 aromatic rings. The lowest BCUT2D eigenvalue weighted by Crippen LogP contribution is -2.35. The summed E-state index contributed by atoms with van der Waals surface area (Å²) in [5.74, 6) is 3.73. The lowest BCUT2D eigenvalue weighted by molar-refractivity contribution is -0.126. The van der Waals surface area contributed by atoms with Gasteiger partial charge in [0.1, 0.15) is 6.61 Å². The van der Waals surface area contributed by atoms with Gasteiger partial charge in [-0.3, -0.25) is 4.79 Å². The van der Waals surface area contributed by atoms with Gasteiger partial charge in [0.05, 0.1) is 152 Å². The van der Waals surface area contributed by atoms with Gasteiger partial charge in [-0.25, -0.2) is 0 Å². The zero-order valence-corrected chi connectivity index (χ0v) is 29.4. The Morgan fingerprint density at radius 3 is 1.10 bits per heavy atom. The predicted octanol–water partition coefficient (Wildman–Crippen LogP) is 1.15. The van der Waals surface area contributed by atoms with Crippen LogP contribution in [0.15, 0.2) is 12.2 Å². The molecule has 49 heavy (non-hydrogen) atoms. The summed E-state index contributed by atoms with van der Waals surface area (Å²) >= 11 is 0. The molecular weight excluding hydrogens is 642 g/mol. The van der Waals surface area contributed by atoms with Crippen LogP contribution in [0.25, 0.3) is 0 Å². The number of amides is 1. The van der Waals surface area contributed by atoms with Crippen molar-refractivity contribution in [2.75, 3.05) is 165 Å². The Morgan fingerprint density at radius 1 is 0.490 bits per heavy atom. The molecule has 0 aliphatic heterocycles. The van der Waals surface area contributed by atoms with Gasteiger partial charge in [-0.2, -0.15) is 0 Å². The molecule has 0 radical (unpaired) electrons. The Morgan fingerprint density at radius 2 is 0.816 bits per heavy atom. The van der Waals surface area contributed by atoms with E-state index in [-0.39, 0.29) is 11.8 Å². The Hall–Kier alpha value is -1.71. The van der Waals surface area contributed by atoms with Gasteiger partial charge in [-0.1, -0.05) is 18.1 Å². The summed E-state index contributed by atoms with van der Waals surface area (Å²) in [6.07, 6.45) is 11.6. The number of carbonyl (C=O) groups excluding carboxylic acids is 1. The zero-order chi connectivity index (χ0) is 34.7. The van der Waals surface area contributed by atoms with E-state index in [9.17, 15) is 4.79 Å². The first-order chi connectivity index (χ1) is 24.3. The topological polar surface area (TPSA) is 140 Å². The lowest BCUT2D eigenvalue weighted by Gasteiger charge is -2.17. The molecule has 0 spiro atoms. The van der Waals surface area contributed by atoms with Crippen molar-refractivity contribution in [2.24, 2.45) is 17.8 Å². The third-order valence-electron chi connectivity index (χ3n) is 7.44. The van der Waals surface area contributed by atoms with Crippen molar-refractivity contribution < 1.29 is 61.6 Å². The van der Waals surface area contributed by atoms with E-state index in [4.69, 9.17) is 63.3 Å². The van der Waals surface area contributed by atoms with Crippen molar-refractivity contribution in [3.8, 4) is 12.3 Å². The van der Waals surface area contributed by atoms with Gasteiger partial charge >= 0.3 is 0 Å². The van der Waals surface area contributed by atoms with Gasteiger partial charge in [-0.05, 0) is 24.7 Å². The molecule has 1 amide bonds. The molecule has 1 N–H and O–H groups in total. The largest absolute Gasteiger partial charge is 0.377 e. The van der Waals surface area contributed by atoms with Crippen LogP contribution < -0.4 is 5.32 Å². The number of ether oxygens (including phenoxy) is 12. The molecule has 2 aliphatic carbocycles. The third-order valence-corrected chi connectivity index (χ3v) is 7.44. The van der Waals surface area contributed by atoms with E-state index in [0.29, 0.717) is 177 Å². The highest BCUT2D eigenvalue weighted by Crippen LogP contribution is 2.43. The minimum absolute atomic E-state index is 0.143. The molecule has 3 unspecified atom stereocenters. The molecule has 284 valence electrons. The maximum Gasteiger partial charge on any atom is 0.223 e. The third kappa shape index (κ3) is 25.8. The number of terminal acetylenes is 1. The summed E-state index contributed by atoms with van der Waals surface area (Å²) in [4.78, 5) is 12.2. The molecule has 0 aromatic heterocycles. The molecule has 0 heterocycles. The molecule has 3 atom stereocenters. The SMILES string of the molecule is C#CCOCCOCCOCCOCCOCCOCCOCCOCCOCCOCCOCCOCCNC(=O)C1CC2C=CC1C2. The van der Waals surface area contributed by atoms with Gasteiger partial charge in [-0.15, -0.1) is 6.42 Å². The van der Waals surface area contributed by atoms with Gasteiger partial charge in [0, 0.05) is 12.5 Å². The smallest absolute Gasteiger partial charge is 0.223 e. The molecule has 2 aliphatic rings. The van der Waals surface area contributed by atoms with Crippen molar-refractivity contribution in [1.29, 1.82) is 0 Å². The maximum absolute atomic E-state index is 12.2. The average Bonchev–Trinajstić information content (AvgIpc) is 3.76. The monoisotopic (exact) mass is 703 g/mol. The molecular formula is C35H61NO13. The number of rotatable bonds is 38. The van der Waals surface area contributed by atoms with Gasteiger partial charge in [0.2, 0.25) is 5.91 Å². The van der Waals surface area contributed by atoms with Gasteiger partial charge in [0.25, 0.3) is 0 Å². The van der Waals surface area contributed by atoms with E-state index in [0.717, 1.165) is 12.8 Å². The van der Waals surface area contributed by atoms with E-state index in [1.807, 2.05) is 0 Å². The van der Waals surface area contributed by atoms with E-state index >= 15 is 0 Å². The molecule has 1 fully saturated rings. The molecule has 14 nitrogen and oxygen atoms in total. The Balaban J connectivity index is 1.13. The Bertz CT molecular complexity index is 828. The molecule has 2 bridgehead atoms. The fraction of sp³-hybridized carbons (Fsp3) is 0.857. The second kappa shape index (κ2) is 33.4. The highest BCUT2D eigenvalue weighted by atomic mass is 16.6. The molecule has 14 heteroatoms. The summed E-state index contributed by atoms with van der Waals surface area (Å²) < 4.78 is 65.2. The number of allylic oxidation sites excluding steroid dienone is 2. The second-order valence-corrected chi connectivity index (χ2v) is 11.2. The van der Waals surface area contributed by atoms with Crippen LogP contribution in [0, 0.1) is 30.1 Å². The van der Waals surface area contributed by atoms with E-state index in [1.54, 1.807) is 0 Å². The quantitative estimate of drug-likeness (QED) is 0.0560. The van der Waals surface area contributed by atoms with Gasteiger partial charge in [0.15, 0.2) is 0 Å². The Labute approximate surface area is 293 Å². The lowest BCUT2D eigenvalue weighted by atomic mass is 9.93. The first kappa shape index (κ1) is 43.5. The fourth-order valence-electron chi connectivity index (χ4n) is 5.01. The first-order valence-electron chi connectivity index (χ1n) is 17.6. The van der Waals surface area contributed by atoms with Crippen molar-refractivity contribution in [3.05, 3.63) is 12.2 Å². The standard InChI is InChI=1S/C35H61NO13/c1-2-6-38-8-10-40-12-14-42-16-18-44-20-22-46-24-26-48-28-29-49-27-25-47-23-21-45-19-17-43-15-13-41-11-9-39-7-5-36-35(37)34-31-32-3-4-33(34)30-32/h1,3-4,32-34H,5-31H2,(H,36,37). The number of fused-ring (bicyclic) bond motifs is 2. The van der Waals surface area contributed by atoms with E-state index in [1.165, 1.54) is 0 Å². The van der Waals surface area contributed by atoms with Crippen LogP contribution in [0.3, 0.4) is 0 Å². The zero-order valence-electron chi connectivity index (χ0n) is 29.4. The highest BCUT2D eigenvalue weighted by molar-refractivity contribution is 5.79. The molecule has 1 saturated carbocycles. The van der Waals surface area contributed by atoms with Gasteiger partial charge < -0.3 is 62.2 Å². The normalized spacial score (nSPS) is 18.0. The van der Waals surface area contributed by atoms with Crippen LogP contribution in [0.5, 0.6) is 0 Å². The van der Waals surface area contributed by atoms with Crippen molar-refractivity contribution >= 4 is 5.91 Å². The summed E-state index contributed by atoms with van der Waals surface area (Å²) in [6, 6.07) is 0. The average molecular weight is 704 g/mol.